The first-order valence-corrected chi connectivity index (χ1v) is 5.40. The van der Waals surface area contributed by atoms with Crippen LogP contribution in [0, 0.1) is 0 Å². The molecular formula is C10H12BrN3O. The topological polar surface area (TPSA) is 63.9 Å². The van der Waals surface area contributed by atoms with Gasteiger partial charge in [-0.2, -0.15) is 0 Å². The van der Waals surface area contributed by atoms with Crippen molar-refractivity contribution in [3.63, 3.8) is 0 Å². The number of nitrogens with zero attached hydrogens (tertiary/aromatic N) is 1. The van der Waals surface area contributed by atoms with Crippen molar-refractivity contribution in [1.29, 1.82) is 0 Å². The van der Waals surface area contributed by atoms with E-state index in [1.807, 2.05) is 19.1 Å². The highest BCUT2D eigenvalue weighted by atomic mass is 79.9. The zero-order valence-electron chi connectivity index (χ0n) is 8.54. The molecule has 1 atom stereocenters. The molecule has 1 unspecified atom stereocenters. The molecule has 0 amide bonds. The molecule has 0 spiro atoms. The Bertz CT molecular complexity index is 493. The Morgan fingerprint density at radius 3 is 2.87 bits per heavy atom. The molecule has 2 aromatic rings. The van der Waals surface area contributed by atoms with Gasteiger partial charge in [-0.3, -0.25) is 0 Å². The smallest absolute Gasteiger partial charge is 0.144 e. The molecule has 0 aliphatic rings. The molecule has 4 nitrogen and oxygen atoms in total. The highest BCUT2D eigenvalue weighted by Crippen LogP contribution is 2.30. The van der Waals surface area contributed by atoms with Crippen LogP contribution in [-0.4, -0.2) is 17.1 Å². The number of hydrogen-bond acceptors (Lipinski definition) is 3. The summed E-state index contributed by atoms with van der Waals surface area (Å²) in [5.74, 6) is 1.53. The van der Waals surface area contributed by atoms with E-state index in [4.69, 9.17) is 10.5 Å². The molecule has 0 aliphatic carbocycles. The Morgan fingerprint density at radius 2 is 2.27 bits per heavy atom. The van der Waals surface area contributed by atoms with Gasteiger partial charge in [-0.25, -0.2) is 4.98 Å². The molecule has 80 valence electrons. The molecule has 2 rings (SSSR count). The standard InChI is InChI=1S/C10H12BrN3O/c1-5(12)10-13-8-6(11)3-4-7(15-2)9(8)14-10/h3-5H,12H2,1-2H3,(H,13,14). The number of hydrogen-bond donors (Lipinski definition) is 2. The molecule has 0 fully saturated rings. The summed E-state index contributed by atoms with van der Waals surface area (Å²) >= 11 is 3.44. The van der Waals surface area contributed by atoms with E-state index < -0.39 is 0 Å². The van der Waals surface area contributed by atoms with Crippen LogP contribution < -0.4 is 10.5 Å². The lowest BCUT2D eigenvalue weighted by atomic mass is 10.3. The molecule has 1 aromatic carbocycles. The van der Waals surface area contributed by atoms with E-state index in [2.05, 4.69) is 25.9 Å². The fourth-order valence-electron chi connectivity index (χ4n) is 1.44. The number of ether oxygens (including phenoxy) is 1. The van der Waals surface area contributed by atoms with E-state index in [0.29, 0.717) is 0 Å². The molecule has 0 bridgehead atoms. The van der Waals surface area contributed by atoms with Crippen LogP contribution >= 0.6 is 15.9 Å². The monoisotopic (exact) mass is 269 g/mol. The molecule has 0 aliphatic heterocycles. The van der Waals surface area contributed by atoms with Crippen molar-refractivity contribution in [2.75, 3.05) is 7.11 Å². The number of H-pyrrole nitrogens is 1. The van der Waals surface area contributed by atoms with Crippen molar-refractivity contribution in [3.05, 3.63) is 22.4 Å². The normalized spacial score (nSPS) is 13.1. The number of aromatic nitrogens is 2. The summed E-state index contributed by atoms with van der Waals surface area (Å²) in [5, 5.41) is 0. The third-order valence-corrected chi connectivity index (χ3v) is 2.87. The van der Waals surface area contributed by atoms with Crippen LogP contribution in [0.3, 0.4) is 0 Å². The van der Waals surface area contributed by atoms with Gasteiger partial charge >= 0.3 is 0 Å². The van der Waals surface area contributed by atoms with Gasteiger partial charge in [0, 0.05) is 4.47 Å². The average molecular weight is 270 g/mol. The van der Waals surface area contributed by atoms with Crippen molar-refractivity contribution in [1.82, 2.24) is 9.97 Å². The minimum absolute atomic E-state index is 0.117. The summed E-state index contributed by atoms with van der Waals surface area (Å²) in [6.07, 6.45) is 0. The summed E-state index contributed by atoms with van der Waals surface area (Å²) in [4.78, 5) is 7.58. The number of methoxy groups -OCH3 is 1. The van der Waals surface area contributed by atoms with E-state index in [9.17, 15) is 0 Å². The van der Waals surface area contributed by atoms with Crippen LogP contribution in [0.2, 0.25) is 0 Å². The number of aromatic amines is 1. The number of rotatable bonds is 2. The maximum atomic E-state index is 5.77. The van der Waals surface area contributed by atoms with Gasteiger partial charge in [-0.1, -0.05) is 0 Å². The van der Waals surface area contributed by atoms with Crippen molar-refractivity contribution in [2.24, 2.45) is 5.73 Å². The van der Waals surface area contributed by atoms with Gasteiger partial charge in [0.05, 0.1) is 13.2 Å². The minimum Gasteiger partial charge on any atom is -0.494 e. The minimum atomic E-state index is -0.117. The second-order valence-electron chi connectivity index (χ2n) is 3.38. The van der Waals surface area contributed by atoms with Gasteiger partial charge in [0.25, 0.3) is 0 Å². The van der Waals surface area contributed by atoms with Crippen LogP contribution in [0.4, 0.5) is 0 Å². The third kappa shape index (κ3) is 1.72. The van der Waals surface area contributed by atoms with Gasteiger partial charge in [0.15, 0.2) is 0 Å². The number of halogens is 1. The van der Waals surface area contributed by atoms with E-state index in [1.54, 1.807) is 7.11 Å². The number of nitrogens with one attached hydrogen (secondary N) is 1. The number of fused-ring (bicyclic) bond motifs is 1. The lowest BCUT2D eigenvalue weighted by Gasteiger charge is -2.01. The second kappa shape index (κ2) is 3.83. The fraction of sp³-hybridized carbons (Fsp3) is 0.300. The van der Waals surface area contributed by atoms with Gasteiger partial charge in [-0.15, -0.1) is 0 Å². The summed E-state index contributed by atoms with van der Waals surface area (Å²) in [6.45, 7) is 1.89. The quantitative estimate of drug-likeness (QED) is 0.880. The van der Waals surface area contributed by atoms with Crippen LogP contribution in [-0.2, 0) is 0 Å². The Kier molecular flexibility index (Phi) is 2.67. The predicted octanol–water partition coefficient (Wildman–Crippen LogP) is 2.35. The Morgan fingerprint density at radius 1 is 1.53 bits per heavy atom. The molecule has 0 saturated carbocycles. The highest BCUT2D eigenvalue weighted by molar-refractivity contribution is 9.10. The van der Waals surface area contributed by atoms with Crippen LogP contribution in [0.25, 0.3) is 11.0 Å². The summed E-state index contributed by atoms with van der Waals surface area (Å²) in [5.41, 5.74) is 7.49. The zero-order valence-corrected chi connectivity index (χ0v) is 10.1. The third-order valence-electron chi connectivity index (χ3n) is 2.23. The first kappa shape index (κ1) is 10.4. The SMILES string of the molecule is COc1ccc(Br)c2nc(C(C)N)[nH]c12. The Labute approximate surface area is 96.0 Å². The maximum Gasteiger partial charge on any atom is 0.144 e. The van der Waals surface area contributed by atoms with Crippen molar-refractivity contribution >= 4 is 27.0 Å². The zero-order chi connectivity index (χ0) is 11.0. The highest BCUT2D eigenvalue weighted by Gasteiger charge is 2.12. The average Bonchev–Trinajstić information content (AvgIpc) is 2.64. The van der Waals surface area contributed by atoms with E-state index in [1.165, 1.54) is 0 Å². The molecule has 1 heterocycles. The van der Waals surface area contributed by atoms with E-state index in [-0.39, 0.29) is 6.04 Å². The number of imidazole rings is 1. The van der Waals surface area contributed by atoms with Crippen LogP contribution in [0.15, 0.2) is 16.6 Å². The van der Waals surface area contributed by atoms with Crippen molar-refractivity contribution in [3.8, 4) is 5.75 Å². The first-order chi connectivity index (χ1) is 7.13. The predicted molar refractivity (Wildman–Crippen MR) is 62.9 cm³/mol. The van der Waals surface area contributed by atoms with E-state index >= 15 is 0 Å². The molecule has 5 heteroatoms. The molecule has 3 N–H and O–H groups in total. The van der Waals surface area contributed by atoms with Crippen molar-refractivity contribution < 1.29 is 4.74 Å². The first-order valence-electron chi connectivity index (χ1n) is 4.61. The van der Waals surface area contributed by atoms with Gasteiger partial charge in [0.1, 0.15) is 22.6 Å². The van der Waals surface area contributed by atoms with Gasteiger partial charge in [-0.05, 0) is 35.0 Å². The molecule has 1 aromatic heterocycles. The molecular weight excluding hydrogens is 258 g/mol. The molecule has 0 radical (unpaired) electrons. The Balaban J connectivity index is 2.72. The Hall–Kier alpha value is -1.07. The maximum absolute atomic E-state index is 5.77. The lowest BCUT2D eigenvalue weighted by Crippen LogP contribution is -2.06. The van der Waals surface area contributed by atoms with Crippen LogP contribution in [0.5, 0.6) is 5.75 Å². The molecule has 15 heavy (non-hydrogen) atoms. The summed E-state index contributed by atoms with van der Waals surface area (Å²) < 4.78 is 6.17. The van der Waals surface area contributed by atoms with Crippen LogP contribution in [0.1, 0.15) is 18.8 Å². The number of benzene rings is 1. The largest absolute Gasteiger partial charge is 0.494 e. The fourth-order valence-corrected chi connectivity index (χ4v) is 1.86. The van der Waals surface area contributed by atoms with Gasteiger partial charge < -0.3 is 15.5 Å². The number of nitrogens with two attached hydrogens (primary N) is 1. The van der Waals surface area contributed by atoms with E-state index in [0.717, 1.165) is 27.1 Å². The summed E-state index contributed by atoms with van der Waals surface area (Å²) in [6, 6.07) is 3.68. The van der Waals surface area contributed by atoms with Gasteiger partial charge in [0.2, 0.25) is 0 Å². The van der Waals surface area contributed by atoms with Crippen molar-refractivity contribution in [2.45, 2.75) is 13.0 Å². The second-order valence-corrected chi connectivity index (χ2v) is 4.24. The summed E-state index contributed by atoms with van der Waals surface area (Å²) in [7, 11) is 1.63. The lowest BCUT2D eigenvalue weighted by molar-refractivity contribution is 0.419. The molecule has 0 saturated heterocycles.